The summed E-state index contributed by atoms with van der Waals surface area (Å²) in [6, 6.07) is 7.27. The van der Waals surface area contributed by atoms with Crippen LogP contribution in [0.2, 0.25) is 0 Å². The molecule has 5 heterocycles. The molecule has 43 heavy (non-hydrogen) atoms. The predicted octanol–water partition coefficient (Wildman–Crippen LogP) is 4.70. The van der Waals surface area contributed by atoms with E-state index in [2.05, 4.69) is 21.5 Å². The van der Waals surface area contributed by atoms with E-state index >= 15 is 8.78 Å². The monoisotopic (exact) mass is 602 g/mol. The van der Waals surface area contributed by atoms with Gasteiger partial charge in [-0.05, 0) is 42.7 Å². The maximum absolute atomic E-state index is 16.1. The number of nitrogens with zero attached hydrogens (tertiary/aromatic N) is 6. The number of carbonyl (C=O) groups excluding carboxylic acids is 1. The highest BCUT2D eigenvalue weighted by molar-refractivity contribution is 7.99. The lowest BCUT2D eigenvalue weighted by atomic mass is 10.1. The summed E-state index contributed by atoms with van der Waals surface area (Å²) in [7, 11) is 0. The maximum atomic E-state index is 16.1. The van der Waals surface area contributed by atoms with Crippen LogP contribution in [0.4, 0.5) is 14.6 Å². The number of rotatable bonds is 3. The number of benzene rings is 1. The van der Waals surface area contributed by atoms with E-state index in [-0.39, 0.29) is 59.0 Å². The molecule has 1 aromatic carbocycles. The quantitative estimate of drug-likeness (QED) is 0.312. The van der Waals surface area contributed by atoms with Crippen LogP contribution in [0.1, 0.15) is 31.9 Å². The van der Waals surface area contributed by atoms with Crippen LogP contribution in [0.3, 0.4) is 0 Å². The van der Waals surface area contributed by atoms with Gasteiger partial charge in [0.05, 0.1) is 41.0 Å². The Morgan fingerprint density at radius 2 is 2.00 bits per heavy atom. The summed E-state index contributed by atoms with van der Waals surface area (Å²) >= 11 is 1.47. The molecule has 1 amide bonds. The number of aromatic nitrogens is 4. The van der Waals surface area contributed by atoms with Crippen molar-refractivity contribution in [2.45, 2.75) is 43.2 Å². The standard InChI is InChI=1S/C31H28F2N6O3S/c1-4-24(40)37-10-11-38(21-15-20(21)37)29-17-14-19(33)27-25-18(32)6-5-7-22(25)42-12-13-43-23-8-9-34-26(16(2)3)28(23)39(30(17)35-27)31(41)36-29/h4-9,14,16,20-21H,1,10-13,15H2,2-3H3/t20-,21+/m0/s1. The van der Waals surface area contributed by atoms with Crippen LogP contribution in [0, 0.1) is 11.6 Å². The highest BCUT2D eigenvalue weighted by atomic mass is 32.2. The van der Waals surface area contributed by atoms with Gasteiger partial charge in [0.1, 0.15) is 23.1 Å². The summed E-state index contributed by atoms with van der Waals surface area (Å²) in [5.74, 6) is -0.748. The molecular weight excluding hydrogens is 574 g/mol. The molecule has 2 aliphatic heterocycles. The Labute approximate surface area is 250 Å². The number of fused-ring (bicyclic) bond motifs is 6. The minimum Gasteiger partial charge on any atom is -0.492 e. The van der Waals surface area contributed by atoms with Gasteiger partial charge in [0.25, 0.3) is 0 Å². The molecule has 9 nitrogen and oxygen atoms in total. The van der Waals surface area contributed by atoms with Gasteiger partial charge < -0.3 is 14.5 Å². The molecular formula is C31H28F2N6O3S. The average Bonchev–Trinajstić information content (AvgIpc) is 3.79. The molecule has 3 aliphatic rings. The van der Waals surface area contributed by atoms with Crippen LogP contribution in [0.5, 0.6) is 5.75 Å². The fourth-order valence-corrected chi connectivity index (χ4v) is 6.99. The molecule has 7 rings (SSSR count). The smallest absolute Gasteiger partial charge is 0.355 e. The Kier molecular flexibility index (Phi) is 6.68. The van der Waals surface area contributed by atoms with Gasteiger partial charge in [-0.3, -0.25) is 9.78 Å². The molecule has 0 spiro atoms. The van der Waals surface area contributed by atoms with Crippen LogP contribution in [0.15, 0.2) is 58.9 Å². The fraction of sp³-hybridized carbons (Fsp3) is 0.323. The van der Waals surface area contributed by atoms with E-state index in [4.69, 9.17) is 4.74 Å². The molecule has 0 N–H and O–H groups in total. The van der Waals surface area contributed by atoms with Crippen molar-refractivity contribution in [2.75, 3.05) is 30.3 Å². The number of thioether (sulfide) groups is 1. The highest BCUT2D eigenvalue weighted by Crippen LogP contribution is 2.43. The van der Waals surface area contributed by atoms with Gasteiger partial charge in [0, 0.05) is 29.9 Å². The van der Waals surface area contributed by atoms with Gasteiger partial charge in [-0.15, -0.1) is 11.8 Å². The van der Waals surface area contributed by atoms with Crippen molar-refractivity contribution in [1.29, 1.82) is 0 Å². The number of amides is 1. The molecule has 1 aliphatic carbocycles. The summed E-state index contributed by atoms with van der Waals surface area (Å²) in [6.45, 7) is 8.57. The Morgan fingerprint density at radius 1 is 1.16 bits per heavy atom. The lowest BCUT2D eigenvalue weighted by Gasteiger charge is -2.35. The Bertz CT molecular complexity index is 1880. The number of halogens is 2. The second kappa shape index (κ2) is 10.4. The van der Waals surface area contributed by atoms with Crippen LogP contribution in [-0.2, 0) is 4.79 Å². The zero-order valence-corrected chi connectivity index (χ0v) is 24.4. The van der Waals surface area contributed by atoms with E-state index in [1.807, 2.05) is 24.8 Å². The first-order chi connectivity index (χ1) is 20.8. The molecule has 2 bridgehead atoms. The van der Waals surface area contributed by atoms with E-state index in [0.717, 1.165) is 4.90 Å². The topological polar surface area (TPSA) is 93.5 Å². The predicted molar refractivity (Wildman–Crippen MR) is 160 cm³/mol. The van der Waals surface area contributed by atoms with Gasteiger partial charge in [0.15, 0.2) is 11.5 Å². The van der Waals surface area contributed by atoms with E-state index in [0.29, 0.717) is 42.0 Å². The van der Waals surface area contributed by atoms with Crippen molar-refractivity contribution >= 4 is 34.5 Å². The molecule has 3 aromatic heterocycles. The lowest BCUT2D eigenvalue weighted by Crippen LogP contribution is -2.49. The molecule has 0 unspecified atom stereocenters. The molecule has 12 heteroatoms. The zero-order chi connectivity index (χ0) is 30.0. The third-order valence-electron chi connectivity index (χ3n) is 8.13. The van der Waals surface area contributed by atoms with Gasteiger partial charge in [-0.2, -0.15) is 4.98 Å². The van der Waals surface area contributed by atoms with Crippen LogP contribution in [0.25, 0.3) is 28.0 Å². The van der Waals surface area contributed by atoms with Crippen molar-refractivity contribution in [1.82, 2.24) is 24.4 Å². The molecule has 220 valence electrons. The number of anilines is 1. The first kappa shape index (κ1) is 27.5. The maximum Gasteiger partial charge on any atom is 0.355 e. The minimum absolute atomic E-state index is 0.0551. The molecule has 4 aromatic rings. The van der Waals surface area contributed by atoms with Crippen LogP contribution >= 0.6 is 11.8 Å². The number of piperazine rings is 1. The van der Waals surface area contributed by atoms with Gasteiger partial charge in [-0.1, -0.05) is 26.5 Å². The lowest BCUT2D eigenvalue weighted by molar-refractivity contribution is -0.126. The van der Waals surface area contributed by atoms with E-state index in [9.17, 15) is 9.59 Å². The van der Waals surface area contributed by atoms with Crippen molar-refractivity contribution in [3.05, 3.63) is 77.0 Å². The van der Waals surface area contributed by atoms with Crippen molar-refractivity contribution in [2.24, 2.45) is 0 Å². The van der Waals surface area contributed by atoms with E-state index in [1.165, 1.54) is 40.6 Å². The summed E-state index contributed by atoms with van der Waals surface area (Å²) in [5.41, 5.74) is 0.328. The van der Waals surface area contributed by atoms with Crippen molar-refractivity contribution < 1.29 is 18.3 Å². The number of carbonyl (C=O) groups is 1. The molecule has 1 saturated heterocycles. The second-order valence-corrected chi connectivity index (χ2v) is 12.2. The summed E-state index contributed by atoms with van der Waals surface area (Å²) in [4.78, 5) is 44.8. The number of hydrogen-bond acceptors (Lipinski definition) is 8. The minimum atomic E-state index is -0.773. The largest absolute Gasteiger partial charge is 0.492 e. The highest BCUT2D eigenvalue weighted by Gasteiger charge is 2.51. The number of ether oxygens (including phenoxy) is 1. The Balaban J connectivity index is 1.53. The Hall–Kier alpha value is -4.32. The summed E-state index contributed by atoms with van der Waals surface area (Å²) < 4.78 is 38.8. The SMILES string of the molecule is C=CC(=O)N1CCN(c2nc(=O)n3c4nc(c(F)cc24)-c2c(F)cccc2OCCSc2ccnc(C(C)C)c2-3)[C@@H]2C[C@@H]21. The second-order valence-electron chi connectivity index (χ2n) is 11.1. The van der Waals surface area contributed by atoms with E-state index in [1.54, 1.807) is 17.2 Å². The fourth-order valence-electron chi connectivity index (χ4n) is 6.11. The van der Waals surface area contributed by atoms with Crippen LogP contribution < -0.4 is 15.3 Å². The molecule has 1 saturated carbocycles. The Morgan fingerprint density at radius 3 is 2.79 bits per heavy atom. The number of pyridine rings is 2. The van der Waals surface area contributed by atoms with E-state index < -0.39 is 17.3 Å². The molecule has 2 fully saturated rings. The van der Waals surface area contributed by atoms with Gasteiger partial charge in [0.2, 0.25) is 5.91 Å². The summed E-state index contributed by atoms with van der Waals surface area (Å²) in [5, 5.41) is 0.306. The van der Waals surface area contributed by atoms with Crippen molar-refractivity contribution in [3.63, 3.8) is 0 Å². The average molecular weight is 603 g/mol. The first-order valence-electron chi connectivity index (χ1n) is 14.1. The number of hydrogen-bond donors (Lipinski definition) is 0. The molecule has 0 radical (unpaired) electrons. The zero-order valence-electron chi connectivity index (χ0n) is 23.6. The van der Waals surface area contributed by atoms with Crippen molar-refractivity contribution in [3.8, 4) is 22.7 Å². The third kappa shape index (κ3) is 4.46. The van der Waals surface area contributed by atoms with Gasteiger partial charge >= 0.3 is 5.69 Å². The summed E-state index contributed by atoms with van der Waals surface area (Å²) in [6.07, 6.45) is 3.69. The first-order valence-corrected chi connectivity index (χ1v) is 15.1. The van der Waals surface area contributed by atoms with Gasteiger partial charge in [-0.25, -0.2) is 23.1 Å². The van der Waals surface area contributed by atoms with Crippen LogP contribution in [-0.4, -0.2) is 67.9 Å². The normalized spacial score (nSPS) is 19.2. The molecule has 2 atom stereocenters. The third-order valence-corrected chi connectivity index (χ3v) is 9.15.